The van der Waals surface area contributed by atoms with Crippen LogP contribution in [0.1, 0.15) is 60.9 Å². The molecule has 1 aromatic heterocycles. The van der Waals surface area contributed by atoms with Gasteiger partial charge in [0.05, 0.1) is 6.54 Å². The standard InChI is InChI=1S/C24H32N4O3/c1-24(2,3)31-23(30)28-14-11-20-19(16-28)21(26-25-20)22(29)27-12-9-18(10-13-27)15-17-7-5-4-6-8-17/h4-8,18H,9-16H2,1-3H3,(H,25,26). The zero-order valence-corrected chi connectivity index (χ0v) is 18.7. The van der Waals surface area contributed by atoms with Gasteiger partial charge in [-0.1, -0.05) is 30.3 Å². The molecule has 0 spiro atoms. The molecule has 3 heterocycles. The number of aromatic nitrogens is 2. The number of aromatic amines is 1. The van der Waals surface area contributed by atoms with Gasteiger partial charge in [0, 0.05) is 37.3 Å². The van der Waals surface area contributed by atoms with Crippen LogP contribution < -0.4 is 0 Å². The maximum Gasteiger partial charge on any atom is 0.410 e. The molecule has 2 aliphatic rings. The second kappa shape index (κ2) is 8.73. The third-order valence-electron chi connectivity index (χ3n) is 6.06. The summed E-state index contributed by atoms with van der Waals surface area (Å²) >= 11 is 0. The molecule has 2 aromatic rings. The van der Waals surface area contributed by atoms with Gasteiger partial charge in [0.15, 0.2) is 5.69 Å². The highest BCUT2D eigenvalue weighted by Crippen LogP contribution is 2.26. The molecule has 1 saturated heterocycles. The van der Waals surface area contributed by atoms with Crippen molar-refractivity contribution in [3.63, 3.8) is 0 Å². The Hall–Kier alpha value is -2.83. The number of amides is 2. The van der Waals surface area contributed by atoms with Crippen molar-refractivity contribution >= 4 is 12.0 Å². The Balaban J connectivity index is 1.37. The number of H-pyrrole nitrogens is 1. The van der Waals surface area contributed by atoms with Gasteiger partial charge in [-0.15, -0.1) is 0 Å². The first kappa shape index (κ1) is 21.4. The van der Waals surface area contributed by atoms with Gasteiger partial charge in [0.2, 0.25) is 0 Å². The monoisotopic (exact) mass is 424 g/mol. The molecule has 0 atom stereocenters. The summed E-state index contributed by atoms with van der Waals surface area (Å²) in [5.74, 6) is 0.559. The minimum atomic E-state index is -0.545. The number of likely N-dealkylation sites (tertiary alicyclic amines) is 1. The summed E-state index contributed by atoms with van der Waals surface area (Å²) in [4.78, 5) is 29.3. The van der Waals surface area contributed by atoms with Gasteiger partial charge in [-0.2, -0.15) is 5.10 Å². The number of rotatable bonds is 3. The Morgan fingerprint density at radius 1 is 1.10 bits per heavy atom. The maximum absolute atomic E-state index is 13.2. The van der Waals surface area contributed by atoms with Crippen LogP contribution in [0.2, 0.25) is 0 Å². The van der Waals surface area contributed by atoms with Gasteiger partial charge in [0.25, 0.3) is 5.91 Å². The topological polar surface area (TPSA) is 78.5 Å². The van der Waals surface area contributed by atoms with Crippen molar-refractivity contribution in [2.45, 2.75) is 58.6 Å². The summed E-state index contributed by atoms with van der Waals surface area (Å²) in [5.41, 5.74) is 3.03. The maximum atomic E-state index is 13.2. The molecule has 1 aromatic carbocycles. The summed E-state index contributed by atoms with van der Waals surface area (Å²) < 4.78 is 5.51. The summed E-state index contributed by atoms with van der Waals surface area (Å²) in [6.07, 6.45) is 3.35. The molecule has 0 unspecified atom stereocenters. The molecule has 2 aliphatic heterocycles. The number of piperidine rings is 1. The molecule has 2 amide bonds. The molecule has 1 fully saturated rings. The summed E-state index contributed by atoms with van der Waals surface area (Å²) in [6.45, 7) is 7.97. The van der Waals surface area contributed by atoms with Gasteiger partial charge >= 0.3 is 6.09 Å². The Bertz CT molecular complexity index is 924. The zero-order valence-electron chi connectivity index (χ0n) is 18.7. The van der Waals surface area contributed by atoms with Crippen LogP contribution in [0.5, 0.6) is 0 Å². The SMILES string of the molecule is CC(C)(C)OC(=O)N1CCc2[nH]nc(C(=O)N3CCC(Cc4ccccc4)CC3)c2C1. The zero-order chi connectivity index (χ0) is 22.0. The predicted octanol–water partition coefficient (Wildman–Crippen LogP) is 3.80. The smallest absolute Gasteiger partial charge is 0.410 e. The fourth-order valence-corrected chi connectivity index (χ4v) is 4.39. The molecule has 4 rings (SSSR count). The summed E-state index contributed by atoms with van der Waals surface area (Å²) in [5, 5.41) is 7.35. The number of hydrogen-bond donors (Lipinski definition) is 1. The van der Waals surface area contributed by atoms with Crippen molar-refractivity contribution in [3.8, 4) is 0 Å². The van der Waals surface area contributed by atoms with E-state index in [0.717, 1.165) is 43.6 Å². The third-order valence-corrected chi connectivity index (χ3v) is 6.06. The van der Waals surface area contributed by atoms with E-state index in [1.807, 2.05) is 31.7 Å². The van der Waals surface area contributed by atoms with E-state index >= 15 is 0 Å². The van der Waals surface area contributed by atoms with E-state index in [-0.39, 0.29) is 12.0 Å². The minimum absolute atomic E-state index is 0.0401. The van der Waals surface area contributed by atoms with Crippen LogP contribution in [0.3, 0.4) is 0 Å². The first-order chi connectivity index (χ1) is 14.8. The first-order valence-corrected chi connectivity index (χ1v) is 11.2. The van der Waals surface area contributed by atoms with E-state index in [4.69, 9.17) is 4.74 Å². The van der Waals surface area contributed by atoms with Gasteiger partial charge in [-0.25, -0.2) is 4.79 Å². The number of hydrogen-bond acceptors (Lipinski definition) is 4. The first-order valence-electron chi connectivity index (χ1n) is 11.2. The number of nitrogens with zero attached hydrogens (tertiary/aromatic N) is 3. The largest absolute Gasteiger partial charge is 0.444 e. The average Bonchev–Trinajstić information content (AvgIpc) is 3.16. The molecule has 0 saturated carbocycles. The van der Waals surface area contributed by atoms with Gasteiger partial charge < -0.3 is 14.5 Å². The predicted molar refractivity (Wildman–Crippen MR) is 118 cm³/mol. The molecule has 1 N–H and O–H groups in total. The van der Waals surface area contributed by atoms with Crippen molar-refractivity contribution in [3.05, 3.63) is 52.8 Å². The summed E-state index contributed by atoms with van der Waals surface area (Å²) in [6, 6.07) is 10.5. The van der Waals surface area contributed by atoms with E-state index in [1.54, 1.807) is 4.90 Å². The Morgan fingerprint density at radius 3 is 2.48 bits per heavy atom. The number of fused-ring (bicyclic) bond motifs is 1. The van der Waals surface area contributed by atoms with Crippen molar-refractivity contribution in [1.29, 1.82) is 0 Å². The van der Waals surface area contributed by atoms with Gasteiger partial charge in [0.1, 0.15) is 5.60 Å². The Kier molecular flexibility index (Phi) is 6.03. The van der Waals surface area contributed by atoms with E-state index in [2.05, 4.69) is 34.5 Å². The van der Waals surface area contributed by atoms with Crippen LogP contribution in [-0.2, 0) is 24.1 Å². The third kappa shape index (κ3) is 5.09. The Labute approximate surface area is 183 Å². The van der Waals surface area contributed by atoms with E-state index < -0.39 is 5.60 Å². The van der Waals surface area contributed by atoms with E-state index in [1.165, 1.54) is 5.56 Å². The molecule has 0 aliphatic carbocycles. The average molecular weight is 425 g/mol. The second-order valence-corrected chi connectivity index (χ2v) is 9.61. The normalized spacial score (nSPS) is 17.4. The number of nitrogens with one attached hydrogen (secondary N) is 1. The lowest BCUT2D eigenvalue weighted by Crippen LogP contribution is -2.42. The van der Waals surface area contributed by atoms with Crippen LogP contribution in [0.4, 0.5) is 4.79 Å². The quantitative estimate of drug-likeness (QED) is 0.813. The molecule has 7 nitrogen and oxygen atoms in total. The molecular weight excluding hydrogens is 392 g/mol. The second-order valence-electron chi connectivity index (χ2n) is 9.61. The lowest BCUT2D eigenvalue weighted by Gasteiger charge is -2.33. The van der Waals surface area contributed by atoms with Gasteiger partial charge in [-0.05, 0) is 51.5 Å². The van der Waals surface area contributed by atoms with Crippen molar-refractivity contribution in [2.24, 2.45) is 5.92 Å². The van der Waals surface area contributed by atoms with Crippen molar-refractivity contribution in [2.75, 3.05) is 19.6 Å². The van der Waals surface area contributed by atoms with Crippen LogP contribution in [0.25, 0.3) is 0 Å². The number of carbonyl (C=O) groups excluding carboxylic acids is 2. The minimum Gasteiger partial charge on any atom is -0.444 e. The van der Waals surface area contributed by atoms with Crippen LogP contribution in [0, 0.1) is 5.92 Å². The number of ether oxygens (including phenoxy) is 1. The lowest BCUT2D eigenvalue weighted by molar-refractivity contribution is 0.0221. The number of carbonyl (C=O) groups is 2. The highest BCUT2D eigenvalue weighted by molar-refractivity contribution is 5.94. The highest BCUT2D eigenvalue weighted by atomic mass is 16.6. The molecule has 166 valence electrons. The molecular formula is C24H32N4O3. The number of benzene rings is 1. The van der Waals surface area contributed by atoms with Crippen molar-refractivity contribution in [1.82, 2.24) is 20.0 Å². The van der Waals surface area contributed by atoms with Crippen LogP contribution in [-0.4, -0.2) is 57.2 Å². The fraction of sp³-hybridized carbons (Fsp3) is 0.542. The molecule has 7 heteroatoms. The summed E-state index contributed by atoms with van der Waals surface area (Å²) in [7, 11) is 0. The van der Waals surface area contributed by atoms with Gasteiger partial charge in [-0.3, -0.25) is 9.89 Å². The van der Waals surface area contributed by atoms with E-state index in [0.29, 0.717) is 31.1 Å². The van der Waals surface area contributed by atoms with Crippen LogP contribution >= 0.6 is 0 Å². The van der Waals surface area contributed by atoms with Crippen molar-refractivity contribution < 1.29 is 14.3 Å². The lowest BCUT2D eigenvalue weighted by atomic mass is 9.90. The molecule has 0 bridgehead atoms. The fourth-order valence-electron chi connectivity index (χ4n) is 4.39. The highest BCUT2D eigenvalue weighted by Gasteiger charge is 2.33. The Morgan fingerprint density at radius 2 is 1.81 bits per heavy atom. The molecule has 31 heavy (non-hydrogen) atoms. The molecule has 0 radical (unpaired) electrons. The van der Waals surface area contributed by atoms with Crippen LogP contribution in [0.15, 0.2) is 30.3 Å². The van der Waals surface area contributed by atoms with E-state index in [9.17, 15) is 9.59 Å².